The second-order valence-electron chi connectivity index (χ2n) is 5.66. The van der Waals surface area contributed by atoms with E-state index in [0.29, 0.717) is 32.9 Å². The van der Waals surface area contributed by atoms with Crippen molar-refractivity contribution >= 4 is 29.6 Å². The zero-order chi connectivity index (χ0) is 18.7. The monoisotopic (exact) mass is 370 g/mol. The summed E-state index contributed by atoms with van der Waals surface area (Å²) in [5.41, 5.74) is 3.62. The first-order valence-electron chi connectivity index (χ1n) is 7.78. The summed E-state index contributed by atoms with van der Waals surface area (Å²) in [5, 5.41) is 11.3. The molecule has 0 aliphatic rings. The number of carbonyl (C=O) groups is 2. The van der Waals surface area contributed by atoms with Crippen LogP contribution in [0.4, 0.5) is 14.9 Å². The molecule has 0 fully saturated rings. The Morgan fingerprint density at radius 3 is 2.54 bits per heavy atom. The van der Waals surface area contributed by atoms with Crippen LogP contribution in [0.3, 0.4) is 0 Å². The first kappa shape index (κ1) is 17.8. The van der Waals surface area contributed by atoms with Crippen LogP contribution in [0.25, 0.3) is 21.6 Å². The van der Waals surface area contributed by atoms with Gasteiger partial charge in [0.05, 0.1) is 16.3 Å². The highest BCUT2D eigenvalue weighted by Gasteiger charge is 2.15. The van der Waals surface area contributed by atoms with Gasteiger partial charge in [-0.2, -0.15) is 4.37 Å². The Hall–Kier alpha value is -3.06. The molecule has 3 rings (SSSR count). The fourth-order valence-corrected chi connectivity index (χ4v) is 3.49. The number of aromatic nitrogens is 1. The molecule has 5 nitrogen and oxygen atoms in total. The average molecular weight is 370 g/mol. The highest BCUT2D eigenvalue weighted by molar-refractivity contribution is 7.10. The molecule has 0 aliphatic carbocycles. The van der Waals surface area contributed by atoms with Crippen molar-refractivity contribution < 1.29 is 19.1 Å². The number of nitrogens with one attached hydrogen (secondary N) is 1. The molecule has 0 atom stereocenters. The van der Waals surface area contributed by atoms with Gasteiger partial charge >= 0.3 is 6.09 Å². The molecule has 2 aromatic carbocycles. The number of rotatable bonds is 5. The van der Waals surface area contributed by atoms with Crippen molar-refractivity contribution in [2.75, 3.05) is 5.32 Å². The Morgan fingerprint density at radius 1 is 1.23 bits per heavy atom. The van der Waals surface area contributed by atoms with Crippen LogP contribution in [0.5, 0.6) is 0 Å². The van der Waals surface area contributed by atoms with Gasteiger partial charge in [0.15, 0.2) is 0 Å². The van der Waals surface area contributed by atoms with E-state index >= 15 is 0 Å². The second-order valence-corrected chi connectivity index (χ2v) is 6.44. The van der Waals surface area contributed by atoms with E-state index in [2.05, 4.69) is 9.69 Å². The third-order valence-corrected chi connectivity index (χ3v) is 4.89. The van der Waals surface area contributed by atoms with Gasteiger partial charge in [0.25, 0.3) is 0 Å². The summed E-state index contributed by atoms with van der Waals surface area (Å²) in [5.74, 6) is -0.390. The summed E-state index contributed by atoms with van der Waals surface area (Å²) in [7, 11) is 0. The highest BCUT2D eigenvalue weighted by atomic mass is 32.1. The Bertz CT molecular complexity index is 967. The van der Waals surface area contributed by atoms with E-state index in [9.17, 15) is 14.0 Å². The van der Waals surface area contributed by atoms with Crippen molar-refractivity contribution in [1.29, 1.82) is 0 Å². The normalized spacial score (nSPS) is 10.5. The van der Waals surface area contributed by atoms with Gasteiger partial charge in [-0.1, -0.05) is 36.4 Å². The van der Waals surface area contributed by atoms with Gasteiger partial charge < -0.3 is 9.90 Å². The third-order valence-electron chi connectivity index (χ3n) is 3.91. The van der Waals surface area contributed by atoms with E-state index in [4.69, 9.17) is 5.11 Å². The lowest BCUT2D eigenvalue weighted by Crippen LogP contribution is -2.08. The SMILES string of the molecule is Cc1nsc(-c2ccc(-c3ccc(CC=O)cc3F)cc2)c1NC(=O)O. The quantitative estimate of drug-likeness (QED) is 0.635. The molecule has 1 heterocycles. The lowest BCUT2D eigenvalue weighted by Gasteiger charge is -2.08. The van der Waals surface area contributed by atoms with Crippen LogP contribution in [0.15, 0.2) is 42.5 Å². The molecule has 0 spiro atoms. The maximum absolute atomic E-state index is 14.3. The van der Waals surface area contributed by atoms with Crippen LogP contribution in [0, 0.1) is 12.7 Å². The maximum Gasteiger partial charge on any atom is 0.409 e. The first-order valence-corrected chi connectivity index (χ1v) is 8.56. The molecule has 0 saturated heterocycles. The van der Waals surface area contributed by atoms with E-state index in [1.54, 1.807) is 43.3 Å². The molecule has 1 aromatic heterocycles. The predicted octanol–water partition coefficient (Wildman–Crippen LogP) is 4.76. The van der Waals surface area contributed by atoms with Gasteiger partial charge in [0.1, 0.15) is 12.1 Å². The zero-order valence-electron chi connectivity index (χ0n) is 13.8. The lowest BCUT2D eigenvalue weighted by atomic mass is 10.0. The van der Waals surface area contributed by atoms with Crippen molar-refractivity contribution in [2.45, 2.75) is 13.3 Å². The number of nitrogens with zero attached hydrogens (tertiary/aromatic N) is 1. The summed E-state index contributed by atoms with van der Waals surface area (Å²) < 4.78 is 18.5. The number of amides is 1. The molecule has 132 valence electrons. The molecule has 0 saturated carbocycles. The number of aryl methyl sites for hydroxylation is 1. The fourth-order valence-electron chi connectivity index (χ4n) is 2.64. The van der Waals surface area contributed by atoms with Crippen molar-refractivity contribution in [3.8, 4) is 21.6 Å². The number of anilines is 1. The number of carboxylic acid groups (broad SMARTS) is 1. The zero-order valence-corrected chi connectivity index (χ0v) is 14.6. The molecule has 7 heteroatoms. The standard InChI is InChI=1S/C19H15FN2O3S/c1-11-17(21-19(24)25)18(26-22-11)14-5-3-13(4-6-14)15-7-2-12(8-9-23)10-16(15)20/h2-7,9-10,21H,8H2,1H3,(H,24,25). The van der Waals surface area contributed by atoms with Crippen LogP contribution in [0.2, 0.25) is 0 Å². The number of hydrogen-bond acceptors (Lipinski definition) is 4. The van der Waals surface area contributed by atoms with Gasteiger partial charge in [0, 0.05) is 12.0 Å². The van der Waals surface area contributed by atoms with E-state index in [1.165, 1.54) is 17.6 Å². The molecule has 0 unspecified atom stereocenters. The Balaban J connectivity index is 1.92. The lowest BCUT2D eigenvalue weighted by molar-refractivity contribution is -0.107. The van der Waals surface area contributed by atoms with E-state index in [1.807, 2.05) is 0 Å². The van der Waals surface area contributed by atoms with Crippen LogP contribution in [-0.4, -0.2) is 21.9 Å². The third kappa shape index (κ3) is 3.62. The number of aldehydes is 1. The summed E-state index contributed by atoms with van der Waals surface area (Å²) in [6.45, 7) is 1.73. The van der Waals surface area contributed by atoms with E-state index < -0.39 is 6.09 Å². The van der Waals surface area contributed by atoms with Gasteiger partial charge in [0.2, 0.25) is 0 Å². The molecule has 1 amide bonds. The smallest absolute Gasteiger partial charge is 0.409 e. The average Bonchev–Trinajstić information content (AvgIpc) is 2.96. The topological polar surface area (TPSA) is 79.3 Å². The number of halogens is 1. The largest absolute Gasteiger partial charge is 0.465 e. The van der Waals surface area contributed by atoms with Crippen LogP contribution < -0.4 is 5.32 Å². The van der Waals surface area contributed by atoms with Crippen LogP contribution in [-0.2, 0) is 11.2 Å². The predicted molar refractivity (Wildman–Crippen MR) is 99.1 cm³/mol. The molecule has 0 aliphatic heterocycles. The fraction of sp³-hybridized carbons (Fsp3) is 0.105. The Kier molecular flexibility index (Phi) is 5.09. The second kappa shape index (κ2) is 7.45. The molecular formula is C19H15FN2O3S. The minimum Gasteiger partial charge on any atom is -0.465 e. The van der Waals surface area contributed by atoms with Gasteiger partial charge in [-0.15, -0.1) is 0 Å². The van der Waals surface area contributed by atoms with Gasteiger partial charge in [-0.3, -0.25) is 5.32 Å². The van der Waals surface area contributed by atoms with Crippen molar-refractivity contribution in [2.24, 2.45) is 0 Å². The molecule has 0 radical (unpaired) electrons. The minimum atomic E-state index is -1.15. The Labute approximate surface area is 153 Å². The molecule has 0 bridgehead atoms. The van der Waals surface area contributed by atoms with Crippen molar-refractivity contribution in [1.82, 2.24) is 4.37 Å². The molecular weight excluding hydrogens is 355 g/mol. The van der Waals surface area contributed by atoms with Crippen molar-refractivity contribution in [3.63, 3.8) is 0 Å². The van der Waals surface area contributed by atoms with Gasteiger partial charge in [-0.25, -0.2) is 9.18 Å². The molecule has 26 heavy (non-hydrogen) atoms. The van der Waals surface area contributed by atoms with E-state index in [0.717, 1.165) is 11.8 Å². The van der Waals surface area contributed by atoms with E-state index in [-0.39, 0.29) is 12.2 Å². The summed E-state index contributed by atoms with van der Waals surface area (Å²) in [6.07, 6.45) is -0.229. The summed E-state index contributed by atoms with van der Waals surface area (Å²) >= 11 is 1.20. The molecule has 2 N–H and O–H groups in total. The van der Waals surface area contributed by atoms with Crippen LogP contribution >= 0.6 is 11.5 Å². The van der Waals surface area contributed by atoms with Crippen LogP contribution in [0.1, 0.15) is 11.3 Å². The van der Waals surface area contributed by atoms with Crippen molar-refractivity contribution in [3.05, 3.63) is 59.5 Å². The maximum atomic E-state index is 14.3. The summed E-state index contributed by atoms with van der Waals surface area (Å²) in [6, 6.07) is 11.9. The number of carbonyl (C=O) groups excluding carboxylic acids is 1. The number of hydrogen-bond donors (Lipinski definition) is 2. The highest BCUT2D eigenvalue weighted by Crippen LogP contribution is 2.36. The minimum absolute atomic E-state index is 0.181. The van der Waals surface area contributed by atoms with Gasteiger partial charge in [-0.05, 0) is 41.2 Å². The first-order chi connectivity index (χ1) is 12.5. The molecule has 3 aromatic rings. The number of benzene rings is 2. The Morgan fingerprint density at radius 2 is 1.92 bits per heavy atom. The summed E-state index contributed by atoms with van der Waals surface area (Å²) in [4.78, 5) is 22.2.